The molecule has 0 aromatic heterocycles. The van der Waals surface area contributed by atoms with Gasteiger partial charge in [-0.05, 0) is 38.6 Å². The van der Waals surface area contributed by atoms with Crippen LogP contribution in [0.5, 0.6) is 0 Å². The van der Waals surface area contributed by atoms with Gasteiger partial charge in [-0.25, -0.2) is 0 Å². The van der Waals surface area contributed by atoms with Gasteiger partial charge in [-0.3, -0.25) is 9.69 Å². The Hall–Kier alpha value is -0.0700. The number of hydrogen-bond donors (Lipinski definition) is 2. The third-order valence-electron chi connectivity index (χ3n) is 4.68. The summed E-state index contributed by atoms with van der Waals surface area (Å²) < 4.78 is 5.14. The van der Waals surface area contributed by atoms with Crippen molar-refractivity contribution in [3.63, 3.8) is 0 Å². The Morgan fingerprint density at radius 3 is 2.73 bits per heavy atom. The number of halogens is 2. The van der Waals surface area contributed by atoms with Crippen LogP contribution in [0.4, 0.5) is 0 Å². The number of nitrogens with one attached hydrogen (secondary N) is 1. The van der Waals surface area contributed by atoms with E-state index in [0.717, 1.165) is 51.9 Å². The summed E-state index contributed by atoms with van der Waals surface area (Å²) in [4.78, 5) is 14.6. The molecule has 3 N–H and O–H groups in total. The lowest BCUT2D eigenvalue weighted by Gasteiger charge is -2.28. The van der Waals surface area contributed by atoms with Crippen LogP contribution in [0.1, 0.15) is 38.5 Å². The van der Waals surface area contributed by atoms with Crippen molar-refractivity contribution < 1.29 is 9.53 Å². The zero-order valence-corrected chi connectivity index (χ0v) is 15.1. The number of nitrogens with two attached hydrogens (primary N) is 1. The highest BCUT2D eigenvalue weighted by atomic mass is 35.5. The van der Waals surface area contributed by atoms with E-state index >= 15 is 0 Å². The number of likely N-dealkylation sites (tertiary alicyclic amines) is 1. The van der Waals surface area contributed by atoms with Gasteiger partial charge < -0.3 is 15.8 Å². The molecule has 0 radical (unpaired) electrons. The average Bonchev–Trinajstić information content (AvgIpc) is 2.90. The number of hydrogen-bond acceptors (Lipinski definition) is 4. The van der Waals surface area contributed by atoms with Crippen LogP contribution in [0.15, 0.2) is 0 Å². The molecule has 1 aliphatic heterocycles. The highest BCUT2D eigenvalue weighted by molar-refractivity contribution is 5.85. The quantitative estimate of drug-likeness (QED) is 0.758. The normalized spacial score (nSPS) is 28.5. The van der Waals surface area contributed by atoms with E-state index in [9.17, 15) is 4.79 Å². The van der Waals surface area contributed by atoms with E-state index in [0.29, 0.717) is 6.04 Å². The third kappa shape index (κ3) is 6.59. The van der Waals surface area contributed by atoms with E-state index in [1.54, 1.807) is 7.11 Å². The van der Waals surface area contributed by atoms with Gasteiger partial charge in [-0.1, -0.05) is 6.42 Å². The van der Waals surface area contributed by atoms with Gasteiger partial charge in [-0.15, -0.1) is 24.8 Å². The molecular weight excluding hydrogens is 325 g/mol. The van der Waals surface area contributed by atoms with Crippen molar-refractivity contribution in [1.82, 2.24) is 10.2 Å². The van der Waals surface area contributed by atoms with Gasteiger partial charge in [-0.2, -0.15) is 0 Å². The second kappa shape index (κ2) is 11.5. The second-order valence-electron chi connectivity index (χ2n) is 6.19. The molecule has 2 aliphatic rings. The lowest BCUT2D eigenvalue weighted by Crippen LogP contribution is -2.44. The molecule has 0 aromatic carbocycles. The topological polar surface area (TPSA) is 67.6 Å². The van der Waals surface area contributed by atoms with Crippen LogP contribution in [0.2, 0.25) is 0 Å². The van der Waals surface area contributed by atoms with Gasteiger partial charge in [0, 0.05) is 38.2 Å². The lowest BCUT2D eigenvalue weighted by atomic mass is 9.85. The zero-order valence-electron chi connectivity index (χ0n) is 13.5. The fourth-order valence-electron chi connectivity index (χ4n) is 3.46. The standard InChI is InChI=1S/C15H29N3O2.2ClH/c1-20-9-8-18-7-3-6-14(18)11-17-15(19)12-4-2-5-13(16)10-12;;/h12-14H,2-11,16H2,1H3,(H,17,19);2*1H. The summed E-state index contributed by atoms with van der Waals surface area (Å²) in [5, 5.41) is 3.14. The molecular formula is C15H31Cl2N3O2. The first-order chi connectivity index (χ1) is 9.70. The zero-order chi connectivity index (χ0) is 14.4. The number of nitrogens with zero attached hydrogens (tertiary/aromatic N) is 1. The van der Waals surface area contributed by atoms with Crippen LogP contribution in [0, 0.1) is 5.92 Å². The highest BCUT2D eigenvalue weighted by Gasteiger charge is 2.28. The minimum absolute atomic E-state index is 0. The van der Waals surface area contributed by atoms with Crippen LogP contribution in [-0.4, -0.2) is 56.2 Å². The summed E-state index contributed by atoms with van der Waals surface area (Å²) in [6.45, 7) is 3.62. The largest absolute Gasteiger partial charge is 0.383 e. The average molecular weight is 356 g/mol. The van der Waals surface area contributed by atoms with Crippen molar-refractivity contribution in [3.8, 4) is 0 Å². The van der Waals surface area contributed by atoms with E-state index in [1.165, 1.54) is 12.8 Å². The van der Waals surface area contributed by atoms with Crippen LogP contribution in [-0.2, 0) is 9.53 Å². The van der Waals surface area contributed by atoms with Gasteiger partial charge in [0.2, 0.25) is 5.91 Å². The molecule has 1 aliphatic carbocycles. The number of amides is 1. The molecule has 0 aromatic rings. The van der Waals surface area contributed by atoms with Gasteiger partial charge in [0.1, 0.15) is 0 Å². The molecule has 1 heterocycles. The number of ether oxygens (including phenoxy) is 1. The predicted molar refractivity (Wildman–Crippen MR) is 93.9 cm³/mol. The molecule has 0 spiro atoms. The van der Waals surface area contributed by atoms with Crippen molar-refractivity contribution in [3.05, 3.63) is 0 Å². The smallest absolute Gasteiger partial charge is 0.223 e. The van der Waals surface area contributed by atoms with E-state index < -0.39 is 0 Å². The minimum Gasteiger partial charge on any atom is -0.383 e. The number of rotatable bonds is 6. The van der Waals surface area contributed by atoms with Crippen LogP contribution < -0.4 is 11.1 Å². The van der Waals surface area contributed by atoms with Crippen LogP contribution in [0.3, 0.4) is 0 Å². The van der Waals surface area contributed by atoms with Crippen molar-refractivity contribution in [1.29, 1.82) is 0 Å². The van der Waals surface area contributed by atoms with E-state index in [4.69, 9.17) is 10.5 Å². The Morgan fingerprint density at radius 2 is 2.05 bits per heavy atom. The van der Waals surface area contributed by atoms with Crippen molar-refractivity contribution in [2.45, 2.75) is 50.6 Å². The molecule has 1 amide bonds. The Morgan fingerprint density at radius 1 is 1.27 bits per heavy atom. The predicted octanol–water partition coefficient (Wildman–Crippen LogP) is 1.57. The van der Waals surface area contributed by atoms with Crippen molar-refractivity contribution in [2.24, 2.45) is 11.7 Å². The summed E-state index contributed by atoms with van der Waals surface area (Å²) >= 11 is 0. The first-order valence-electron chi connectivity index (χ1n) is 7.97. The Bertz CT molecular complexity index is 321. The molecule has 3 atom stereocenters. The Balaban J connectivity index is 0.00000220. The molecule has 5 nitrogen and oxygen atoms in total. The third-order valence-corrected chi connectivity index (χ3v) is 4.68. The van der Waals surface area contributed by atoms with Crippen LogP contribution >= 0.6 is 24.8 Å². The SMILES string of the molecule is COCCN1CCCC1CNC(=O)C1CCCC(N)C1.Cl.Cl. The molecule has 2 fully saturated rings. The summed E-state index contributed by atoms with van der Waals surface area (Å²) in [7, 11) is 1.74. The number of carbonyl (C=O) groups is 1. The summed E-state index contributed by atoms with van der Waals surface area (Å²) in [6.07, 6.45) is 6.40. The van der Waals surface area contributed by atoms with E-state index in [2.05, 4.69) is 10.2 Å². The van der Waals surface area contributed by atoms with Gasteiger partial charge in [0.25, 0.3) is 0 Å². The minimum atomic E-state index is 0. The van der Waals surface area contributed by atoms with Crippen molar-refractivity contribution >= 4 is 30.7 Å². The van der Waals surface area contributed by atoms with Gasteiger partial charge in [0.05, 0.1) is 6.61 Å². The molecule has 22 heavy (non-hydrogen) atoms. The van der Waals surface area contributed by atoms with Crippen molar-refractivity contribution in [2.75, 3.05) is 33.4 Å². The van der Waals surface area contributed by atoms with E-state index in [1.807, 2.05) is 0 Å². The molecule has 1 saturated heterocycles. The number of carbonyl (C=O) groups excluding carboxylic acids is 1. The fourth-order valence-corrected chi connectivity index (χ4v) is 3.46. The Labute approximate surface area is 146 Å². The second-order valence-corrected chi connectivity index (χ2v) is 6.19. The molecule has 1 saturated carbocycles. The van der Waals surface area contributed by atoms with E-state index in [-0.39, 0.29) is 42.7 Å². The lowest BCUT2D eigenvalue weighted by molar-refractivity contribution is -0.126. The van der Waals surface area contributed by atoms with Crippen LogP contribution in [0.25, 0.3) is 0 Å². The number of methoxy groups -OCH3 is 1. The molecule has 2 rings (SSSR count). The highest BCUT2D eigenvalue weighted by Crippen LogP contribution is 2.23. The summed E-state index contributed by atoms with van der Waals surface area (Å²) in [5.74, 6) is 0.339. The molecule has 7 heteroatoms. The molecule has 3 unspecified atom stereocenters. The molecule has 132 valence electrons. The first-order valence-corrected chi connectivity index (χ1v) is 7.97. The molecule has 0 bridgehead atoms. The first kappa shape index (κ1) is 21.9. The Kier molecular flexibility index (Phi) is 11.4. The summed E-state index contributed by atoms with van der Waals surface area (Å²) in [5.41, 5.74) is 5.96. The van der Waals surface area contributed by atoms with Gasteiger partial charge >= 0.3 is 0 Å². The fraction of sp³-hybridized carbons (Fsp3) is 0.933. The summed E-state index contributed by atoms with van der Waals surface area (Å²) in [6, 6.07) is 0.690. The maximum atomic E-state index is 12.2. The van der Waals surface area contributed by atoms with Gasteiger partial charge in [0.15, 0.2) is 0 Å². The monoisotopic (exact) mass is 355 g/mol. The maximum Gasteiger partial charge on any atom is 0.223 e. The maximum absolute atomic E-state index is 12.2.